The number of hydrogen-bond acceptors (Lipinski definition) is 0. The molecule has 3 aliphatic rings. The third-order valence-electron chi connectivity index (χ3n) is 7.97. The Morgan fingerprint density at radius 3 is 2.00 bits per heavy atom. The van der Waals surface area contributed by atoms with E-state index in [1.807, 2.05) is 0 Å². The third-order valence-corrected chi connectivity index (χ3v) is 7.97. The van der Waals surface area contributed by atoms with Crippen molar-refractivity contribution in [3.63, 3.8) is 0 Å². The molecule has 0 aromatic carbocycles. The summed E-state index contributed by atoms with van der Waals surface area (Å²) in [7, 11) is 0. The highest BCUT2D eigenvalue weighted by Crippen LogP contribution is 2.62. The van der Waals surface area contributed by atoms with Crippen LogP contribution in [0.4, 0.5) is 0 Å². The van der Waals surface area contributed by atoms with Crippen LogP contribution in [0.25, 0.3) is 0 Å². The van der Waals surface area contributed by atoms with E-state index in [4.69, 9.17) is 0 Å². The molecule has 0 heterocycles. The standard InChI is InChI=1S/C20H36/c1-13-6-9-16(10-7-13)18-12-17-11-8-14(2)15(3)19(17)20(18,4)5/h13-19H,6-12H2,1-5H3. The van der Waals surface area contributed by atoms with Gasteiger partial charge in [-0.2, -0.15) is 0 Å². The maximum Gasteiger partial charge on any atom is -0.0290 e. The van der Waals surface area contributed by atoms with E-state index in [1.165, 1.54) is 38.5 Å². The predicted octanol–water partition coefficient (Wildman–Crippen LogP) is 6.16. The lowest BCUT2D eigenvalue weighted by molar-refractivity contribution is 0.0304. The lowest BCUT2D eigenvalue weighted by Crippen LogP contribution is -2.39. The van der Waals surface area contributed by atoms with Crippen molar-refractivity contribution in [2.75, 3.05) is 0 Å². The second-order valence-corrected chi connectivity index (χ2v) is 9.38. The molecule has 3 saturated carbocycles. The largest absolute Gasteiger partial charge is 0.0625 e. The van der Waals surface area contributed by atoms with Crippen LogP contribution in [0.2, 0.25) is 0 Å². The van der Waals surface area contributed by atoms with Gasteiger partial charge in [0.1, 0.15) is 0 Å². The van der Waals surface area contributed by atoms with Crippen molar-refractivity contribution in [1.29, 1.82) is 0 Å². The van der Waals surface area contributed by atoms with Crippen molar-refractivity contribution in [1.82, 2.24) is 0 Å². The molecule has 0 aliphatic heterocycles. The molecular weight excluding hydrogens is 240 g/mol. The molecule has 3 aliphatic carbocycles. The van der Waals surface area contributed by atoms with E-state index in [0.717, 1.165) is 41.4 Å². The van der Waals surface area contributed by atoms with Crippen LogP contribution in [0.1, 0.15) is 79.6 Å². The van der Waals surface area contributed by atoms with Crippen LogP contribution >= 0.6 is 0 Å². The van der Waals surface area contributed by atoms with Gasteiger partial charge in [0.05, 0.1) is 0 Å². The van der Waals surface area contributed by atoms with Gasteiger partial charge in [-0.05, 0) is 72.5 Å². The zero-order valence-electron chi connectivity index (χ0n) is 14.5. The fourth-order valence-corrected chi connectivity index (χ4v) is 6.62. The van der Waals surface area contributed by atoms with E-state index in [-0.39, 0.29) is 0 Å². The second kappa shape index (κ2) is 5.33. The summed E-state index contributed by atoms with van der Waals surface area (Å²) in [6.07, 6.45) is 10.6. The molecule has 0 amide bonds. The fraction of sp³-hybridized carbons (Fsp3) is 1.00. The molecule has 0 saturated heterocycles. The lowest BCUT2D eigenvalue weighted by atomic mass is 9.59. The average molecular weight is 277 g/mol. The zero-order chi connectivity index (χ0) is 14.5. The van der Waals surface area contributed by atoms with Crippen LogP contribution in [-0.2, 0) is 0 Å². The number of fused-ring (bicyclic) bond motifs is 1. The van der Waals surface area contributed by atoms with Gasteiger partial charge in [-0.3, -0.25) is 0 Å². The van der Waals surface area contributed by atoms with Gasteiger partial charge in [-0.25, -0.2) is 0 Å². The topological polar surface area (TPSA) is 0 Å². The zero-order valence-corrected chi connectivity index (χ0v) is 14.5. The van der Waals surface area contributed by atoms with Crippen molar-refractivity contribution in [3.05, 3.63) is 0 Å². The molecule has 3 rings (SSSR count). The van der Waals surface area contributed by atoms with Crippen LogP contribution in [0.3, 0.4) is 0 Å². The predicted molar refractivity (Wildman–Crippen MR) is 87.6 cm³/mol. The van der Waals surface area contributed by atoms with Crippen LogP contribution < -0.4 is 0 Å². The maximum atomic E-state index is 2.63. The SMILES string of the molecule is CC1CCC(C2CC3CCC(C)C(C)C3C2(C)C)CC1. The van der Waals surface area contributed by atoms with E-state index >= 15 is 0 Å². The molecule has 0 nitrogen and oxygen atoms in total. The first-order valence-electron chi connectivity index (χ1n) is 9.41. The van der Waals surface area contributed by atoms with Crippen LogP contribution in [0.15, 0.2) is 0 Å². The van der Waals surface area contributed by atoms with E-state index in [0.29, 0.717) is 5.41 Å². The lowest BCUT2D eigenvalue weighted by Gasteiger charge is -2.46. The first kappa shape index (κ1) is 14.9. The summed E-state index contributed by atoms with van der Waals surface area (Å²) in [6, 6.07) is 0. The molecule has 20 heavy (non-hydrogen) atoms. The second-order valence-electron chi connectivity index (χ2n) is 9.38. The van der Waals surface area contributed by atoms with Crippen LogP contribution in [0, 0.1) is 46.8 Å². The summed E-state index contributed by atoms with van der Waals surface area (Å²) in [5, 5.41) is 0. The summed E-state index contributed by atoms with van der Waals surface area (Å²) in [4.78, 5) is 0. The normalized spacial score (nSPS) is 51.8. The van der Waals surface area contributed by atoms with Crippen LogP contribution in [0.5, 0.6) is 0 Å². The minimum absolute atomic E-state index is 0.601. The third kappa shape index (κ3) is 2.35. The molecule has 0 N–H and O–H groups in total. The summed E-state index contributed by atoms with van der Waals surface area (Å²) >= 11 is 0. The highest BCUT2D eigenvalue weighted by atomic mass is 14.6. The molecular formula is C20H36. The quantitative estimate of drug-likeness (QED) is 0.538. The van der Waals surface area contributed by atoms with Gasteiger partial charge < -0.3 is 0 Å². The van der Waals surface area contributed by atoms with E-state index in [2.05, 4.69) is 34.6 Å². The van der Waals surface area contributed by atoms with Crippen molar-refractivity contribution >= 4 is 0 Å². The molecule has 0 heteroatoms. The molecule has 0 spiro atoms. The van der Waals surface area contributed by atoms with Gasteiger partial charge in [0.15, 0.2) is 0 Å². The minimum atomic E-state index is 0.601. The van der Waals surface area contributed by atoms with Crippen molar-refractivity contribution < 1.29 is 0 Å². The van der Waals surface area contributed by atoms with E-state index in [9.17, 15) is 0 Å². The maximum absolute atomic E-state index is 2.63. The van der Waals surface area contributed by atoms with Crippen molar-refractivity contribution in [3.8, 4) is 0 Å². The molecule has 0 radical (unpaired) electrons. The molecule has 3 fully saturated rings. The fourth-order valence-electron chi connectivity index (χ4n) is 6.62. The molecule has 5 atom stereocenters. The Kier molecular flexibility index (Phi) is 3.97. The number of hydrogen-bond donors (Lipinski definition) is 0. The molecule has 0 bridgehead atoms. The smallest absolute Gasteiger partial charge is 0.0290 e. The molecule has 116 valence electrons. The van der Waals surface area contributed by atoms with Gasteiger partial charge in [-0.1, -0.05) is 53.9 Å². The van der Waals surface area contributed by atoms with Gasteiger partial charge in [-0.15, -0.1) is 0 Å². The molecule has 0 aromatic rings. The Labute approximate surface area is 127 Å². The van der Waals surface area contributed by atoms with Gasteiger partial charge in [0.2, 0.25) is 0 Å². The highest BCUT2D eigenvalue weighted by Gasteiger charge is 2.54. The Bertz CT molecular complexity index is 334. The summed E-state index contributed by atoms with van der Waals surface area (Å²) < 4.78 is 0. The highest BCUT2D eigenvalue weighted by molar-refractivity contribution is 5.03. The number of rotatable bonds is 1. The van der Waals surface area contributed by atoms with Gasteiger partial charge >= 0.3 is 0 Å². The first-order chi connectivity index (χ1) is 9.41. The summed E-state index contributed by atoms with van der Waals surface area (Å²) in [5.41, 5.74) is 0.601. The average Bonchev–Trinajstić information content (AvgIpc) is 2.67. The first-order valence-corrected chi connectivity index (χ1v) is 9.41. The Balaban J connectivity index is 1.77. The Hall–Kier alpha value is 0. The molecule has 0 aromatic heterocycles. The van der Waals surface area contributed by atoms with E-state index < -0.39 is 0 Å². The monoisotopic (exact) mass is 276 g/mol. The minimum Gasteiger partial charge on any atom is -0.0625 e. The van der Waals surface area contributed by atoms with Gasteiger partial charge in [0, 0.05) is 0 Å². The summed E-state index contributed by atoms with van der Waals surface area (Å²) in [5.74, 6) is 7.05. The molecule has 5 unspecified atom stereocenters. The van der Waals surface area contributed by atoms with Crippen molar-refractivity contribution in [2.45, 2.75) is 79.6 Å². The van der Waals surface area contributed by atoms with Crippen molar-refractivity contribution in [2.24, 2.45) is 46.8 Å². The Morgan fingerprint density at radius 1 is 0.750 bits per heavy atom. The van der Waals surface area contributed by atoms with E-state index in [1.54, 1.807) is 6.42 Å². The Morgan fingerprint density at radius 2 is 1.35 bits per heavy atom. The van der Waals surface area contributed by atoms with Gasteiger partial charge in [0.25, 0.3) is 0 Å². The summed E-state index contributed by atoms with van der Waals surface area (Å²) in [6.45, 7) is 12.8. The van der Waals surface area contributed by atoms with Crippen LogP contribution in [-0.4, -0.2) is 0 Å².